The van der Waals surface area contributed by atoms with Crippen molar-refractivity contribution in [3.05, 3.63) is 0 Å². The molecule has 1 unspecified atom stereocenters. The summed E-state index contributed by atoms with van der Waals surface area (Å²) in [6.07, 6.45) is 7.10. The highest BCUT2D eigenvalue weighted by atomic mass is 16.2. The fourth-order valence-corrected chi connectivity index (χ4v) is 0.938. The number of likely N-dealkylation sites (N-methyl/N-ethyl adjacent to an activating group) is 1. The summed E-state index contributed by atoms with van der Waals surface area (Å²) in [7, 11) is 1.75. The third kappa shape index (κ3) is 3.80. The fraction of sp³-hybridized carbons (Fsp3) is 0.727. The molecule has 1 amide bonds. The Balaban J connectivity index is 4.24. The van der Waals surface area contributed by atoms with Crippen LogP contribution in [0.25, 0.3) is 0 Å². The molecule has 0 aliphatic heterocycles. The van der Waals surface area contributed by atoms with Crippen LogP contribution in [0.5, 0.6) is 0 Å². The molecule has 0 radical (unpaired) electrons. The Labute approximate surface area is 86.6 Å². The van der Waals surface area contributed by atoms with E-state index in [0.717, 1.165) is 12.8 Å². The van der Waals surface area contributed by atoms with Gasteiger partial charge in [0.1, 0.15) is 0 Å². The quantitative estimate of drug-likeness (QED) is 0.642. The fourth-order valence-electron chi connectivity index (χ4n) is 0.938. The number of hydrogen-bond donors (Lipinski definition) is 2. The van der Waals surface area contributed by atoms with Crippen LogP contribution in [0.1, 0.15) is 33.6 Å². The third-order valence-electron chi connectivity index (χ3n) is 2.28. The zero-order valence-electron chi connectivity index (χ0n) is 9.48. The summed E-state index contributed by atoms with van der Waals surface area (Å²) < 4.78 is 0. The zero-order chi connectivity index (χ0) is 11.2. The summed E-state index contributed by atoms with van der Waals surface area (Å²) >= 11 is 0. The van der Waals surface area contributed by atoms with Crippen molar-refractivity contribution in [3.8, 4) is 12.3 Å². The molecular formula is C11H20N2O. The van der Waals surface area contributed by atoms with Gasteiger partial charge in [0.15, 0.2) is 0 Å². The van der Waals surface area contributed by atoms with E-state index in [1.807, 2.05) is 20.8 Å². The first-order valence-corrected chi connectivity index (χ1v) is 4.94. The average Bonchev–Trinajstić information content (AvgIpc) is 2.16. The molecule has 0 saturated heterocycles. The molecule has 0 aliphatic carbocycles. The lowest BCUT2D eigenvalue weighted by Crippen LogP contribution is -2.53. The van der Waals surface area contributed by atoms with Gasteiger partial charge in [-0.05, 0) is 27.3 Å². The molecule has 0 aromatic carbocycles. The summed E-state index contributed by atoms with van der Waals surface area (Å²) in [6, 6.07) is -0.153. The minimum absolute atomic E-state index is 0.0589. The number of nitrogens with one attached hydrogen (secondary N) is 2. The van der Waals surface area contributed by atoms with Gasteiger partial charge >= 0.3 is 0 Å². The van der Waals surface area contributed by atoms with Gasteiger partial charge in [-0.15, -0.1) is 6.42 Å². The van der Waals surface area contributed by atoms with Gasteiger partial charge in [-0.3, -0.25) is 4.79 Å². The highest BCUT2D eigenvalue weighted by Crippen LogP contribution is 2.03. The summed E-state index contributed by atoms with van der Waals surface area (Å²) in [6.45, 7) is 5.68. The number of carbonyl (C=O) groups is 1. The SMILES string of the molecule is C#CC(CCC)NC(=O)C(C)(C)NC. The predicted octanol–water partition coefficient (Wildman–Crippen LogP) is 0.902. The van der Waals surface area contributed by atoms with E-state index in [2.05, 4.69) is 16.6 Å². The highest BCUT2D eigenvalue weighted by Gasteiger charge is 2.26. The number of rotatable bonds is 5. The van der Waals surface area contributed by atoms with Crippen molar-refractivity contribution in [2.24, 2.45) is 0 Å². The summed E-state index contributed by atoms with van der Waals surface area (Å²) in [5, 5.41) is 5.75. The second kappa shape index (κ2) is 5.66. The van der Waals surface area contributed by atoms with Crippen LogP contribution in [0.4, 0.5) is 0 Å². The van der Waals surface area contributed by atoms with Crippen LogP contribution in [-0.2, 0) is 4.79 Å². The first-order valence-electron chi connectivity index (χ1n) is 4.94. The summed E-state index contributed by atoms with van der Waals surface area (Å²) in [5.41, 5.74) is -0.567. The molecule has 0 saturated carbocycles. The third-order valence-corrected chi connectivity index (χ3v) is 2.28. The Hall–Kier alpha value is -1.01. The molecule has 1 atom stereocenters. The van der Waals surface area contributed by atoms with Gasteiger partial charge in [-0.1, -0.05) is 19.3 Å². The summed E-state index contributed by atoms with van der Waals surface area (Å²) in [4.78, 5) is 11.7. The number of carbonyl (C=O) groups excluding carboxylic acids is 1. The maximum atomic E-state index is 11.7. The molecule has 0 fully saturated rings. The van der Waals surface area contributed by atoms with Gasteiger partial charge < -0.3 is 10.6 Å². The molecule has 0 spiro atoms. The van der Waals surface area contributed by atoms with E-state index in [9.17, 15) is 4.79 Å². The van der Waals surface area contributed by atoms with Crippen molar-refractivity contribution >= 4 is 5.91 Å². The highest BCUT2D eigenvalue weighted by molar-refractivity contribution is 5.85. The molecule has 0 aliphatic rings. The van der Waals surface area contributed by atoms with E-state index in [4.69, 9.17) is 6.42 Å². The normalized spacial score (nSPS) is 13.1. The van der Waals surface area contributed by atoms with Crippen LogP contribution >= 0.6 is 0 Å². The van der Waals surface area contributed by atoms with E-state index in [1.165, 1.54) is 0 Å². The minimum atomic E-state index is -0.567. The Bertz CT molecular complexity index is 228. The van der Waals surface area contributed by atoms with Crippen LogP contribution in [0, 0.1) is 12.3 Å². The Kier molecular flexibility index (Phi) is 5.26. The molecule has 0 heterocycles. The second-order valence-corrected chi connectivity index (χ2v) is 3.86. The lowest BCUT2D eigenvalue weighted by Gasteiger charge is -2.24. The van der Waals surface area contributed by atoms with Crippen molar-refractivity contribution in [1.29, 1.82) is 0 Å². The van der Waals surface area contributed by atoms with Crippen LogP contribution < -0.4 is 10.6 Å². The standard InChI is InChI=1S/C11H20N2O/c1-6-8-9(7-2)13-10(14)11(3,4)12-5/h2,9,12H,6,8H2,1,3-5H3,(H,13,14). The second-order valence-electron chi connectivity index (χ2n) is 3.86. The molecule has 14 heavy (non-hydrogen) atoms. The molecule has 3 nitrogen and oxygen atoms in total. The number of amides is 1. The molecule has 0 bridgehead atoms. The van der Waals surface area contributed by atoms with Crippen LogP contribution in [0.2, 0.25) is 0 Å². The lowest BCUT2D eigenvalue weighted by atomic mass is 10.0. The first-order chi connectivity index (χ1) is 6.47. The van der Waals surface area contributed by atoms with E-state index in [-0.39, 0.29) is 11.9 Å². The van der Waals surface area contributed by atoms with E-state index < -0.39 is 5.54 Å². The average molecular weight is 196 g/mol. The van der Waals surface area contributed by atoms with Crippen LogP contribution in [0.15, 0.2) is 0 Å². The van der Waals surface area contributed by atoms with Gasteiger partial charge in [0.25, 0.3) is 0 Å². The molecule has 2 N–H and O–H groups in total. The number of hydrogen-bond acceptors (Lipinski definition) is 2. The van der Waals surface area contributed by atoms with Gasteiger partial charge in [0, 0.05) is 0 Å². The molecule has 3 heteroatoms. The zero-order valence-corrected chi connectivity index (χ0v) is 9.48. The van der Waals surface area contributed by atoms with Gasteiger partial charge in [-0.25, -0.2) is 0 Å². The molecular weight excluding hydrogens is 176 g/mol. The van der Waals surface area contributed by atoms with Crippen LogP contribution in [0.3, 0.4) is 0 Å². The van der Waals surface area contributed by atoms with Crippen molar-refractivity contribution in [1.82, 2.24) is 10.6 Å². The Morgan fingerprint density at radius 1 is 1.57 bits per heavy atom. The molecule has 0 rings (SSSR count). The first kappa shape index (κ1) is 13.0. The van der Waals surface area contributed by atoms with Gasteiger partial charge in [-0.2, -0.15) is 0 Å². The number of terminal acetylenes is 1. The minimum Gasteiger partial charge on any atom is -0.341 e. The van der Waals surface area contributed by atoms with E-state index in [0.29, 0.717) is 0 Å². The van der Waals surface area contributed by atoms with Crippen molar-refractivity contribution < 1.29 is 4.79 Å². The molecule has 80 valence electrons. The van der Waals surface area contributed by atoms with Crippen molar-refractivity contribution in [2.45, 2.75) is 45.2 Å². The maximum absolute atomic E-state index is 11.7. The van der Waals surface area contributed by atoms with Crippen LogP contribution in [-0.4, -0.2) is 24.5 Å². The van der Waals surface area contributed by atoms with Crippen molar-refractivity contribution in [2.75, 3.05) is 7.05 Å². The van der Waals surface area contributed by atoms with Gasteiger partial charge in [0.05, 0.1) is 11.6 Å². The van der Waals surface area contributed by atoms with Gasteiger partial charge in [0.2, 0.25) is 5.91 Å². The smallest absolute Gasteiger partial charge is 0.240 e. The van der Waals surface area contributed by atoms with E-state index >= 15 is 0 Å². The maximum Gasteiger partial charge on any atom is 0.240 e. The predicted molar refractivity (Wildman–Crippen MR) is 58.8 cm³/mol. The van der Waals surface area contributed by atoms with Crippen molar-refractivity contribution in [3.63, 3.8) is 0 Å². The Morgan fingerprint density at radius 3 is 2.50 bits per heavy atom. The summed E-state index contributed by atoms with van der Waals surface area (Å²) in [5.74, 6) is 2.51. The molecule has 0 aromatic heterocycles. The van der Waals surface area contributed by atoms with E-state index in [1.54, 1.807) is 7.05 Å². The Morgan fingerprint density at radius 2 is 2.14 bits per heavy atom. The molecule has 0 aromatic rings. The largest absolute Gasteiger partial charge is 0.341 e. The lowest BCUT2D eigenvalue weighted by molar-refractivity contribution is -0.126. The topological polar surface area (TPSA) is 41.1 Å². The monoisotopic (exact) mass is 196 g/mol.